The molecule has 2 aromatic heterocycles. The van der Waals surface area contributed by atoms with Gasteiger partial charge in [0.1, 0.15) is 11.5 Å². The number of nitrogens with zero attached hydrogens (tertiary/aromatic N) is 4. The Hall–Kier alpha value is -2.23. The third-order valence-electron chi connectivity index (χ3n) is 2.98. The summed E-state index contributed by atoms with van der Waals surface area (Å²) < 4.78 is 1.95. The summed E-state index contributed by atoms with van der Waals surface area (Å²) in [6.45, 7) is 1.93. The number of rotatable bonds is 1. The van der Waals surface area contributed by atoms with Gasteiger partial charge in [-0.3, -0.25) is 4.98 Å². The first-order valence-electron chi connectivity index (χ1n) is 5.47. The molecule has 0 saturated heterocycles. The molecule has 0 amide bonds. The van der Waals surface area contributed by atoms with E-state index in [2.05, 4.69) is 27.3 Å². The summed E-state index contributed by atoms with van der Waals surface area (Å²) in [4.78, 5) is 4.43. The Bertz CT molecular complexity index is 679. The molecule has 84 valence electrons. The van der Waals surface area contributed by atoms with Crippen molar-refractivity contribution in [3.63, 3.8) is 0 Å². The van der Waals surface area contributed by atoms with Crippen LogP contribution in [0.3, 0.4) is 0 Å². The molecule has 0 aliphatic rings. The standard InChI is InChI=1S/C13H12N4/c1-9-15-16-13(17(9)2)12-11-6-4-3-5-10(11)7-8-14-12/h3-8H,1-2H3. The predicted molar refractivity (Wildman–Crippen MR) is 66.5 cm³/mol. The molecule has 4 nitrogen and oxygen atoms in total. The van der Waals surface area contributed by atoms with Crippen molar-refractivity contribution in [1.29, 1.82) is 0 Å². The molecule has 2 heterocycles. The molecule has 1 aromatic carbocycles. The van der Waals surface area contributed by atoms with E-state index in [1.54, 1.807) is 0 Å². The lowest BCUT2D eigenvalue weighted by molar-refractivity contribution is 0.862. The van der Waals surface area contributed by atoms with Crippen molar-refractivity contribution in [3.05, 3.63) is 42.4 Å². The smallest absolute Gasteiger partial charge is 0.182 e. The largest absolute Gasteiger partial charge is 0.313 e. The van der Waals surface area contributed by atoms with Crippen LogP contribution in [0.25, 0.3) is 22.3 Å². The van der Waals surface area contributed by atoms with Crippen molar-refractivity contribution in [3.8, 4) is 11.5 Å². The first-order chi connectivity index (χ1) is 8.27. The Morgan fingerprint density at radius 2 is 1.88 bits per heavy atom. The van der Waals surface area contributed by atoms with Gasteiger partial charge in [-0.05, 0) is 18.4 Å². The second kappa shape index (κ2) is 3.66. The van der Waals surface area contributed by atoms with Crippen LogP contribution in [0, 0.1) is 6.92 Å². The Balaban J connectivity index is 2.34. The maximum absolute atomic E-state index is 4.43. The zero-order chi connectivity index (χ0) is 11.8. The third kappa shape index (κ3) is 1.49. The van der Waals surface area contributed by atoms with Crippen molar-refractivity contribution >= 4 is 10.8 Å². The molecule has 0 unspecified atom stereocenters. The molecule has 3 rings (SSSR count). The summed E-state index contributed by atoms with van der Waals surface area (Å²) in [5, 5.41) is 10.5. The van der Waals surface area contributed by atoms with E-state index in [1.165, 1.54) is 0 Å². The quantitative estimate of drug-likeness (QED) is 0.637. The molecule has 0 fully saturated rings. The summed E-state index contributed by atoms with van der Waals surface area (Å²) >= 11 is 0. The molecule has 0 spiro atoms. The highest BCUT2D eigenvalue weighted by Crippen LogP contribution is 2.24. The lowest BCUT2D eigenvalue weighted by Gasteiger charge is -2.04. The Morgan fingerprint density at radius 3 is 2.65 bits per heavy atom. The van der Waals surface area contributed by atoms with Crippen LogP contribution < -0.4 is 0 Å². The summed E-state index contributed by atoms with van der Waals surface area (Å²) in [6.07, 6.45) is 1.81. The summed E-state index contributed by atoms with van der Waals surface area (Å²) in [7, 11) is 1.95. The number of hydrogen-bond acceptors (Lipinski definition) is 3. The zero-order valence-electron chi connectivity index (χ0n) is 9.75. The van der Waals surface area contributed by atoms with E-state index < -0.39 is 0 Å². The predicted octanol–water partition coefficient (Wildman–Crippen LogP) is 2.34. The molecule has 17 heavy (non-hydrogen) atoms. The van der Waals surface area contributed by atoms with Crippen molar-refractivity contribution in [2.24, 2.45) is 7.05 Å². The van der Waals surface area contributed by atoms with Gasteiger partial charge in [-0.25, -0.2) is 0 Å². The monoisotopic (exact) mass is 224 g/mol. The highest BCUT2D eigenvalue weighted by atomic mass is 15.3. The van der Waals surface area contributed by atoms with Crippen molar-refractivity contribution < 1.29 is 0 Å². The van der Waals surface area contributed by atoms with Crippen LogP contribution >= 0.6 is 0 Å². The number of aromatic nitrogens is 4. The van der Waals surface area contributed by atoms with E-state index in [-0.39, 0.29) is 0 Å². The van der Waals surface area contributed by atoms with Crippen molar-refractivity contribution in [2.45, 2.75) is 6.92 Å². The van der Waals surface area contributed by atoms with Gasteiger partial charge in [0.2, 0.25) is 0 Å². The number of benzene rings is 1. The molecule has 4 heteroatoms. The van der Waals surface area contributed by atoms with E-state index in [0.29, 0.717) is 0 Å². The van der Waals surface area contributed by atoms with Gasteiger partial charge in [-0.1, -0.05) is 24.3 Å². The Morgan fingerprint density at radius 1 is 1.06 bits per heavy atom. The fourth-order valence-electron chi connectivity index (χ4n) is 1.91. The highest BCUT2D eigenvalue weighted by Gasteiger charge is 2.11. The highest BCUT2D eigenvalue weighted by molar-refractivity contribution is 5.92. The fraction of sp³-hybridized carbons (Fsp3) is 0.154. The number of pyridine rings is 1. The number of hydrogen-bond donors (Lipinski definition) is 0. The van der Waals surface area contributed by atoms with Crippen LogP contribution in [-0.2, 0) is 7.05 Å². The Labute approximate surface area is 98.9 Å². The molecule has 0 atom stereocenters. The third-order valence-corrected chi connectivity index (χ3v) is 2.98. The van der Waals surface area contributed by atoms with E-state index in [1.807, 2.05) is 42.9 Å². The molecular weight excluding hydrogens is 212 g/mol. The lowest BCUT2D eigenvalue weighted by atomic mass is 10.1. The minimum absolute atomic E-state index is 0.805. The van der Waals surface area contributed by atoms with E-state index in [4.69, 9.17) is 0 Å². The van der Waals surface area contributed by atoms with Crippen LogP contribution in [0.15, 0.2) is 36.5 Å². The second-order valence-corrected chi connectivity index (χ2v) is 4.01. The van der Waals surface area contributed by atoms with Gasteiger partial charge in [0.15, 0.2) is 5.82 Å². The van der Waals surface area contributed by atoms with Crippen LogP contribution in [0.5, 0.6) is 0 Å². The maximum Gasteiger partial charge on any atom is 0.182 e. The summed E-state index contributed by atoms with van der Waals surface area (Å²) in [6, 6.07) is 10.2. The van der Waals surface area contributed by atoms with Gasteiger partial charge < -0.3 is 4.57 Å². The molecular formula is C13H12N4. The van der Waals surface area contributed by atoms with Crippen LogP contribution in [0.2, 0.25) is 0 Å². The average molecular weight is 224 g/mol. The van der Waals surface area contributed by atoms with E-state index in [9.17, 15) is 0 Å². The average Bonchev–Trinajstić information content (AvgIpc) is 2.69. The zero-order valence-corrected chi connectivity index (χ0v) is 9.75. The molecule has 0 N–H and O–H groups in total. The second-order valence-electron chi connectivity index (χ2n) is 4.01. The number of aryl methyl sites for hydroxylation is 1. The van der Waals surface area contributed by atoms with Crippen molar-refractivity contribution in [1.82, 2.24) is 19.7 Å². The molecule has 0 aliphatic carbocycles. The first kappa shape index (κ1) is 9.96. The molecule has 0 radical (unpaired) electrons. The van der Waals surface area contributed by atoms with Gasteiger partial charge in [0.25, 0.3) is 0 Å². The summed E-state index contributed by atoms with van der Waals surface area (Å²) in [5.41, 5.74) is 0.881. The van der Waals surface area contributed by atoms with E-state index in [0.717, 1.165) is 28.1 Å². The van der Waals surface area contributed by atoms with Gasteiger partial charge in [0, 0.05) is 18.6 Å². The topological polar surface area (TPSA) is 43.6 Å². The van der Waals surface area contributed by atoms with Crippen LogP contribution in [0.4, 0.5) is 0 Å². The Kier molecular flexibility index (Phi) is 2.14. The minimum Gasteiger partial charge on any atom is -0.313 e. The molecule has 0 saturated carbocycles. The van der Waals surface area contributed by atoms with Crippen LogP contribution in [-0.4, -0.2) is 19.7 Å². The van der Waals surface area contributed by atoms with Crippen LogP contribution in [0.1, 0.15) is 5.82 Å². The fourth-order valence-corrected chi connectivity index (χ4v) is 1.91. The molecule has 0 bridgehead atoms. The van der Waals surface area contributed by atoms with Gasteiger partial charge in [-0.15, -0.1) is 10.2 Å². The van der Waals surface area contributed by atoms with Gasteiger partial charge in [-0.2, -0.15) is 0 Å². The van der Waals surface area contributed by atoms with Gasteiger partial charge >= 0.3 is 0 Å². The minimum atomic E-state index is 0.805. The van der Waals surface area contributed by atoms with Gasteiger partial charge in [0.05, 0.1) is 0 Å². The summed E-state index contributed by atoms with van der Waals surface area (Å²) in [5.74, 6) is 1.69. The normalized spacial score (nSPS) is 10.9. The number of fused-ring (bicyclic) bond motifs is 1. The SMILES string of the molecule is Cc1nnc(-c2nccc3ccccc23)n1C. The lowest BCUT2D eigenvalue weighted by Crippen LogP contribution is -1.97. The first-order valence-corrected chi connectivity index (χ1v) is 5.47. The van der Waals surface area contributed by atoms with Crippen molar-refractivity contribution in [2.75, 3.05) is 0 Å². The maximum atomic E-state index is 4.43. The molecule has 3 aromatic rings. The molecule has 0 aliphatic heterocycles. The van der Waals surface area contributed by atoms with E-state index >= 15 is 0 Å².